The molecule has 0 heterocycles. The number of hydrazine groups is 1. The third-order valence-electron chi connectivity index (χ3n) is 3.17. The van der Waals surface area contributed by atoms with Crippen LogP contribution in [0.5, 0.6) is 5.75 Å². The van der Waals surface area contributed by atoms with Crippen molar-refractivity contribution >= 4 is 23.2 Å². The van der Waals surface area contributed by atoms with Crippen molar-refractivity contribution in [2.24, 2.45) is 5.84 Å². The van der Waals surface area contributed by atoms with E-state index in [1.807, 2.05) is 36.4 Å². The van der Waals surface area contributed by atoms with Gasteiger partial charge < -0.3 is 4.74 Å². The minimum absolute atomic E-state index is 0.109. The highest BCUT2D eigenvalue weighted by molar-refractivity contribution is 6.42. The Morgan fingerprint density at radius 3 is 2.60 bits per heavy atom. The van der Waals surface area contributed by atoms with Gasteiger partial charge in [0.25, 0.3) is 0 Å². The molecule has 0 aromatic heterocycles. The van der Waals surface area contributed by atoms with Crippen LogP contribution < -0.4 is 16.0 Å². The van der Waals surface area contributed by atoms with Crippen molar-refractivity contribution in [2.75, 3.05) is 7.11 Å². The highest BCUT2D eigenvalue weighted by atomic mass is 35.5. The Morgan fingerprint density at radius 1 is 1.15 bits per heavy atom. The molecule has 1 atom stereocenters. The van der Waals surface area contributed by atoms with E-state index in [-0.39, 0.29) is 6.04 Å². The van der Waals surface area contributed by atoms with Crippen molar-refractivity contribution in [3.05, 3.63) is 63.6 Å². The van der Waals surface area contributed by atoms with E-state index in [0.717, 1.165) is 16.9 Å². The van der Waals surface area contributed by atoms with Gasteiger partial charge in [-0.15, -0.1) is 0 Å². The first-order valence-corrected chi connectivity index (χ1v) is 6.95. The van der Waals surface area contributed by atoms with E-state index < -0.39 is 0 Å². The summed E-state index contributed by atoms with van der Waals surface area (Å²) >= 11 is 12.3. The van der Waals surface area contributed by atoms with Crippen LogP contribution >= 0.6 is 23.2 Å². The molecule has 3 nitrogen and oxygen atoms in total. The Balaban J connectivity index is 2.31. The van der Waals surface area contributed by atoms with E-state index >= 15 is 0 Å². The summed E-state index contributed by atoms with van der Waals surface area (Å²) < 4.78 is 5.37. The van der Waals surface area contributed by atoms with E-state index in [0.29, 0.717) is 16.5 Å². The van der Waals surface area contributed by atoms with Crippen molar-refractivity contribution < 1.29 is 4.74 Å². The van der Waals surface area contributed by atoms with Gasteiger partial charge >= 0.3 is 0 Å². The molecule has 0 saturated heterocycles. The predicted octanol–water partition coefficient (Wildman–Crippen LogP) is 3.75. The molecule has 0 saturated carbocycles. The highest BCUT2D eigenvalue weighted by Gasteiger charge is 2.17. The fraction of sp³-hybridized carbons (Fsp3) is 0.200. The molecule has 0 amide bonds. The van der Waals surface area contributed by atoms with Gasteiger partial charge in [0.2, 0.25) is 0 Å². The lowest BCUT2D eigenvalue weighted by molar-refractivity contribution is 0.399. The zero-order valence-corrected chi connectivity index (χ0v) is 12.6. The molecule has 1 unspecified atom stereocenters. The maximum absolute atomic E-state index is 6.22. The molecule has 0 bridgehead atoms. The molecule has 2 aromatic carbocycles. The standard InChI is InChI=1S/C15H16Cl2N2O/c1-20-14-8-3-2-6-11(14)13(19-18)9-10-5-4-7-12(16)15(10)17/h2-8,13,19H,9,18H2,1H3. The van der Waals surface area contributed by atoms with E-state index in [1.165, 1.54) is 0 Å². The molecule has 3 N–H and O–H groups in total. The van der Waals surface area contributed by atoms with Crippen molar-refractivity contribution in [3.63, 3.8) is 0 Å². The number of hydrogen-bond donors (Lipinski definition) is 2. The zero-order valence-electron chi connectivity index (χ0n) is 11.1. The van der Waals surface area contributed by atoms with Crippen molar-refractivity contribution in [3.8, 4) is 5.75 Å². The van der Waals surface area contributed by atoms with Crippen molar-refractivity contribution in [1.82, 2.24) is 5.43 Å². The van der Waals surface area contributed by atoms with Gasteiger partial charge in [-0.3, -0.25) is 11.3 Å². The second kappa shape index (κ2) is 6.95. The molecule has 5 heteroatoms. The molecule has 0 aliphatic carbocycles. The molecule has 0 fully saturated rings. The van der Waals surface area contributed by atoms with Gasteiger partial charge in [0.1, 0.15) is 5.75 Å². The van der Waals surface area contributed by atoms with Crippen LogP contribution in [0, 0.1) is 0 Å². The number of methoxy groups -OCH3 is 1. The van der Waals surface area contributed by atoms with E-state index in [2.05, 4.69) is 5.43 Å². The molecular formula is C15H16Cl2N2O. The Bertz CT molecular complexity index is 590. The first-order valence-electron chi connectivity index (χ1n) is 6.19. The Labute approximate surface area is 128 Å². The fourth-order valence-corrected chi connectivity index (χ4v) is 2.54. The smallest absolute Gasteiger partial charge is 0.123 e. The van der Waals surface area contributed by atoms with Gasteiger partial charge in [0, 0.05) is 5.56 Å². The minimum atomic E-state index is -0.109. The van der Waals surface area contributed by atoms with E-state index in [1.54, 1.807) is 13.2 Å². The summed E-state index contributed by atoms with van der Waals surface area (Å²) in [6, 6.07) is 13.2. The summed E-state index contributed by atoms with van der Waals surface area (Å²) in [4.78, 5) is 0. The Kier molecular flexibility index (Phi) is 5.26. The van der Waals surface area contributed by atoms with E-state index in [9.17, 15) is 0 Å². The van der Waals surface area contributed by atoms with Gasteiger partial charge in [0.05, 0.1) is 23.2 Å². The maximum Gasteiger partial charge on any atom is 0.123 e. The first-order chi connectivity index (χ1) is 9.67. The van der Waals surface area contributed by atoms with Crippen LogP contribution in [-0.2, 0) is 6.42 Å². The molecule has 2 aromatic rings. The second-order valence-corrected chi connectivity index (χ2v) is 5.16. The number of para-hydroxylation sites is 1. The molecule has 2 rings (SSSR count). The maximum atomic E-state index is 6.22. The number of nitrogens with one attached hydrogen (secondary N) is 1. The van der Waals surface area contributed by atoms with Crippen LogP contribution in [0.1, 0.15) is 17.2 Å². The van der Waals surface area contributed by atoms with Crippen LogP contribution in [-0.4, -0.2) is 7.11 Å². The summed E-state index contributed by atoms with van der Waals surface area (Å²) in [6.07, 6.45) is 0.621. The van der Waals surface area contributed by atoms with Crippen LogP contribution in [0.2, 0.25) is 10.0 Å². The van der Waals surface area contributed by atoms with E-state index in [4.69, 9.17) is 33.8 Å². The Hall–Kier alpha value is -1.26. The summed E-state index contributed by atoms with van der Waals surface area (Å²) in [5.74, 6) is 6.47. The van der Waals surface area contributed by atoms with Crippen LogP contribution in [0.25, 0.3) is 0 Å². The van der Waals surface area contributed by atoms with Gasteiger partial charge in [0.15, 0.2) is 0 Å². The SMILES string of the molecule is COc1ccccc1C(Cc1cccc(Cl)c1Cl)NN. The van der Waals surface area contributed by atoms with Gasteiger partial charge in [-0.25, -0.2) is 0 Å². The van der Waals surface area contributed by atoms with Crippen molar-refractivity contribution in [1.29, 1.82) is 0 Å². The lowest BCUT2D eigenvalue weighted by Crippen LogP contribution is -2.30. The first kappa shape index (κ1) is 15.1. The molecule has 0 spiro atoms. The summed E-state index contributed by atoms with van der Waals surface area (Å²) in [5, 5.41) is 1.10. The third kappa shape index (κ3) is 3.25. The lowest BCUT2D eigenvalue weighted by atomic mass is 9.98. The number of benzene rings is 2. The second-order valence-electron chi connectivity index (χ2n) is 4.38. The largest absolute Gasteiger partial charge is 0.496 e. The van der Waals surface area contributed by atoms with Gasteiger partial charge in [-0.1, -0.05) is 53.5 Å². The number of hydrogen-bond acceptors (Lipinski definition) is 3. The molecule has 0 aliphatic rings. The number of halogens is 2. The normalized spacial score (nSPS) is 12.2. The molecule has 20 heavy (non-hydrogen) atoms. The third-order valence-corrected chi connectivity index (χ3v) is 4.03. The molecule has 106 valence electrons. The molecular weight excluding hydrogens is 295 g/mol. The summed E-state index contributed by atoms with van der Waals surface area (Å²) in [7, 11) is 1.64. The minimum Gasteiger partial charge on any atom is -0.496 e. The molecule has 0 radical (unpaired) electrons. The Morgan fingerprint density at radius 2 is 1.90 bits per heavy atom. The lowest BCUT2D eigenvalue weighted by Gasteiger charge is -2.19. The molecule has 0 aliphatic heterocycles. The number of ether oxygens (including phenoxy) is 1. The summed E-state index contributed by atoms with van der Waals surface area (Å²) in [6.45, 7) is 0. The van der Waals surface area contributed by atoms with Crippen molar-refractivity contribution in [2.45, 2.75) is 12.5 Å². The summed E-state index contributed by atoms with van der Waals surface area (Å²) in [5.41, 5.74) is 4.72. The van der Waals surface area contributed by atoms with Crippen LogP contribution in [0.15, 0.2) is 42.5 Å². The average Bonchev–Trinajstić information content (AvgIpc) is 2.49. The zero-order chi connectivity index (χ0) is 14.5. The van der Waals surface area contributed by atoms with Gasteiger partial charge in [-0.05, 0) is 24.1 Å². The average molecular weight is 311 g/mol. The number of nitrogens with two attached hydrogens (primary N) is 1. The predicted molar refractivity (Wildman–Crippen MR) is 83.2 cm³/mol. The quantitative estimate of drug-likeness (QED) is 0.653. The van der Waals surface area contributed by atoms with Crippen LogP contribution in [0.4, 0.5) is 0 Å². The number of rotatable bonds is 5. The van der Waals surface area contributed by atoms with Gasteiger partial charge in [-0.2, -0.15) is 0 Å². The fourth-order valence-electron chi connectivity index (χ4n) is 2.14. The topological polar surface area (TPSA) is 47.3 Å². The van der Waals surface area contributed by atoms with Crippen LogP contribution in [0.3, 0.4) is 0 Å². The monoisotopic (exact) mass is 310 g/mol. The highest BCUT2D eigenvalue weighted by Crippen LogP contribution is 2.31.